The first-order valence-corrected chi connectivity index (χ1v) is 7.86. The van der Waals surface area contributed by atoms with Crippen molar-refractivity contribution in [3.8, 4) is 5.69 Å². The summed E-state index contributed by atoms with van der Waals surface area (Å²) in [6.07, 6.45) is 0.731. The van der Waals surface area contributed by atoms with Crippen LogP contribution in [-0.2, 0) is 6.42 Å². The van der Waals surface area contributed by atoms with Crippen molar-refractivity contribution in [3.05, 3.63) is 76.7 Å². The summed E-state index contributed by atoms with van der Waals surface area (Å²) in [5.41, 5.74) is 1.97. The van der Waals surface area contributed by atoms with E-state index in [1.54, 1.807) is 28.9 Å². The van der Waals surface area contributed by atoms with E-state index >= 15 is 0 Å². The Hall–Kier alpha value is -2.66. The summed E-state index contributed by atoms with van der Waals surface area (Å²) in [6.45, 7) is 2.00. The van der Waals surface area contributed by atoms with Crippen molar-refractivity contribution < 1.29 is 9.18 Å². The molecule has 1 heterocycles. The Labute approximate surface area is 143 Å². The summed E-state index contributed by atoms with van der Waals surface area (Å²) in [6, 6.07) is 14.6. The Morgan fingerprint density at radius 2 is 2.00 bits per heavy atom. The first-order valence-electron chi connectivity index (χ1n) is 7.48. The monoisotopic (exact) mass is 343 g/mol. The van der Waals surface area contributed by atoms with Crippen LogP contribution in [0.3, 0.4) is 0 Å². The summed E-state index contributed by atoms with van der Waals surface area (Å²) in [5.74, 6) is -0.463. The molecule has 0 bridgehead atoms. The Morgan fingerprint density at radius 1 is 1.21 bits per heavy atom. The van der Waals surface area contributed by atoms with E-state index in [-0.39, 0.29) is 5.56 Å². The lowest BCUT2D eigenvalue weighted by atomic mass is 10.2. The number of benzene rings is 2. The standard InChI is InChI=1S/C18H15ClFN3O/c1-2-15-11-17(21-18(24)12-5-3-7-14(20)9-12)22-23(15)16-8-4-6-13(19)10-16/h3-11H,2H2,1H3,(H,21,22,24). The zero-order valence-electron chi connectivity index (χ0n) is 13.0. The second-order valence-corrected chi connectivity index (χ2v) is 5.67. The van der Waals surface area contributed by atoms with Crippen LogP contribution in [0.4, 0.5) is 10.2 Å². The fraction of sp³-hybridized carbons (Fsp3) is 0.111. The predicted octanol–water partition coefficient (Wildman–Crippen LogP) is 4.48. The van der Waals surface area contributed by atoms with Crippen molar-refractivity contribution in [2.24, 2.45) is 0 Å². The highest BCUT2D eigenvalue weighted by Gasteiger charge is 2.13. The van der Waals surface area contributed by atoms with Crippen LogP contribution in [-0.4, -0.2) is 15.7 Å². The third kappa shape index (κ3) is 3.46. The number of anilines is 1. The van der Waals surface area contributed by atoms with Gasteiger partial charge >= 0.3 is 0 Å². The van der Waals surface area contributed by atoms with Crippen LogP contribution in [0, 0.1) is 5.82 Å². The molecule has 0 spiro atoms. The number of nitrogens with one attached hydrogen (secondary N) is 1. The third-order valence-electron chi connectivity index (χ3n) is 3.53. The zero-order valence-corrected chi connectivity index (χ0v) is 13.7. The zero-order chi connectivity index (χ0) is 17.1. The summed E-state index contributed by atoms with van der Waals surface area (Å²) in [7, 11) is 0. The lowest BCUT2D eigenvalue weighted by Gasteiger charge is -2.06. The largest absolute Gasteiger partial charge is 0.305 e. The fourth-order valence-corrected chi connectivity index (χ4v) is 2.57. The molecular formula is C18H15ClFN3O. The van der Waals surface area contributed by atoms with Crippen molar-refractivity contribution in [3.63, 3.8) is 0 Å². The molecule has 6 heteroatoms. The van der Waals surface area contributed by atoms with Crippen LogP contribution in [0.15, 0.2) is 54.6 Å². The second-order valence-electron chi connectivity index (χ2n) is 5.23. The minimum absolute atomic E-state index is 0.241. The highest BCUT2D eigenvalue weighted by atomic mass is 35.5. The van der Waals surface area contributed by atoms with Gasteiger partial charge in [0.1, 0.15) is 5.82 Å². The minimum atomic E-state index is -0.457. The summed E-state index contributed by atoms with van der Waals surface area (Å²) >= 11 is 6.03. The van der Waals surface area contributed by atoms with Crippen LogP contribution in [0.25, 0.3) is 5.69 Å². The van der Waals surface area contributed by atoms with Gasteiger partial charge < -0.3 is 5.32 Å². The van der Waals surface area contributed by atoms with Gasteiger partial charge in [-0.15, -0.1) is 5.10 Å². The number of hydrogen-bond donors (Lipinski definition) is 1. The first-order chi connectivity index (χ1) is 11.6. The molecule has 0 unspecified atom stereocenters. The number of rotatable bonds is 4. The van der Waals surface area contributed by atoms with Gasteiger partial charge in [-0.3, -0.25) is 4.79 Å². The van der Waals surface area contributed by atoms with Gasteiger partial charge in [-0.1, -0.05) is 30.7 Å². The SMILES string of the molecule is CCc1cc(NC(=O)c2cccc(F)c2)nn1-c1cccc(Cl)c1. The molecule has 0 atom stereocenters. The smallest absolute Gasteiger partial charge is 0.256 e. The van der Waals surface area contributed by atoms with Gasteiger partial charge in [0.15, 0.2) is 5.82 Å². The van der Waals surface area contributed by atoms with E-state index < -0.39 is 11.7 Å². The molecule has 0 radical (unpaired) electrons. The molecule has 0 aliphatic rings. The summed E-state index contributed by atoms with van der Waals surface area (Å²) < 4.78 is 15.0. The molecule has 0 fully saturated rings. The number of amides is 1. The molecule has 122 valence electrons. The Kier molecular flexibility index (Phi) is 4.62. The fourth-order valence-electron chi connectivity index (χ4n) is 2.38. The molecule has 24 heavy (non-hydrogen) atoms. The van der Waals surface area contributed by atoms with Crippen LogP contribution in [0.1, 0.15) is 23.0 Å². The highest BCUT2D eigenvalue weighted by molar-refractivity contribution is 6.30. The van der Waals surface area contributed by atoms with E-state index in [1.165, 1.54) is 18.2 Å². The average Bonchev–Trinajstić information content (AvgIpc) is 2.98. The van der Waals surface area contributed by atoms with Crippen molar-refractivity contribution in [2.75, 3.05) is 5.32 Å². The van der Waals surface area contributed by atoms with Gasteiger partial charge in [-0.2, -0.15) is 0 Å². The number of carbonyl (C=O) groups is 1. The predicted molar refractivity (Wildman–Crippen MR) is 92.3 cm³/mol. The molecule has 1 amide bonds. The average molecular weight is 344 g/mol. The van der Waals surface area contributed by atoms with Gasteiger partial charge in [0.25, 0.3) is 5.91 Å². The number of nitrogens with zero attached hydrogens (tertiary/aromatic N) is 2. The molecule has 1 N–H and O–H groups in total. The Balaban J connectivity index is 1.89. The molecule has 1 aromatic heterocycles. The van der Waals surface area contributed by atoms with E-state index in [4.69, 9.17) is 11.6 Å². The second kappa shape index (κ2) is 6.84. The van der Waals surface area contributed by atoms with Crippen molar-refractivity contribution >= 4 is 23.3 Å². The van der Waals surface area contributed by atoms with Gasteiger partial charge in [0, 0.05) is 22.3 Å². The normalized spacial score (nSPS) is 10.6. The molecular weight excluding hydrogens is 329 g/mol. The quantitative estimate of drug-likeness (QED) is 0.759. The molecule has 4 nitrogen and oxygen atoms in total. The summed E-state index contributed by atoms with van der Waals surface area (Å²) in [4.78, 5) is 12.2. The van der Waals surface area contributed by atoms with Crippen LogP contribution >= 0.6 is 11.6 Å². The van der Waals surface area contributed by atoms with E-state index in [2.05, 4.69) is 10.4 Å². The first kappa shape index (κ1) is 16.2. The van der Waals surface area contributed by atoms with Gasteiger partial charge in [0.05, 0.1) is 5.69 Å². The molecule has 0 aliphatic carbocycles. The van der Waals surface area contributed by atoms with Crippen molar-refractivity contribution in [1.82, 2.24) is 9.78 Å². The maximum atomic E-state index is 13.2. The molecule has 0 aliphatic heterocycles. The maximum Gasteiger partial charge on any atom is 0.256 e. The van der Waals surface area contributed by atoms with E-state index in [1.807, 2.05) is 19.1 Å². The molecule has 0 saturated carbocycles. The van der Waals surface area contributed by atoms with E-state index in [9.17, 15) is 9.18 Å². The third-order valence-corrected chi connectivity index (χ3v) is 3.76. The van der Waals surface area contributed by atoms with Gasteiger partial charge in [-0.25, -0.2) is 9.07 Å². The van der Waals surface area contributed by atoms with Crippen LogP contribution in [0.5, 0.6) is 0 Å². The van der Waals surface area contributed by atoms with Gasteiger partial charge in [0.2, 0.25) is 0 Å². The van der Waals surface area contributed by atoms with Crippen LogP contribution in [0.2, 0.25) is 5.02 Å². The number of aromatic nitrogens is 2. The molecule has 2 aromatic carbocycles. The van der Waals surface area contributed by atoms with E-state index in [0.29, 0.717) is 10.8 Å². The highest BCUT2D eigenvalue weighted by Crippen LogP contribution is 2.20. The molecule has 3 aromatic rings. The van der Waals surface area contributed by atoms with Crippen LogP contribution < -0.4 is 5.32 Å². The van der Waals surface area contributed by atoms with Crippen molar-refractivity contribution in [1.29, 1.82) is 0 Å². The van der Waals surface area contributed by atoms with E-state index in [0.717, 1.165) is 17.8 Å². The minimum Gasteiger partial charge on any atom is -0.305 e. The number of carbonyl (C=O) groups excluding carboxylic acids is 1. The lowest BCUT2D eigenvalue weighted by Crippen LogP contribution is -2.12. The molecule has 3 rings (SSSR count). The Morgan fingerprint density at radius 3 is 2.71 bits per heavy atom. The molecule has 0 saturated heterocycles. The lowest BCUT2D eigenvalue weighted by molar-refractivity contribution is 0.102. The Bertz CT molecular complexity index is 891. The maximum absolute atomic E-state index is 13.2. The topological polar surface area (TPSA) is 46.9 Å². The number of hydrogen-bond acceptors (Lipinski definition) is 2. The van der Waals surface area contributed by atoms with Crippen molar-refractivity contribution in [2.45, 2.75) is 13.3 Å². The number of aryl methyl sites for hydroxylation is 1. The summed E-state index contributed by atoms with van der Waals surface area (Å²) in [5, 5.41) is 7.71. The van der Waals surface area contributed by atoms with Gasteiger partial charge in [-0.05, 0) is 42.8 Å². The number of halogens is 2.